The van der Waals surface area contributed by atoms with Gasteiger partial charge in [-0.3, -0.25) is 9.10 Å². The summed E-state index contributed by atoms with van der Waals surface area (Å²) in [4.78, 5) is 14.5. The topological polar surface area (TPSA) is 66.9 Å². The van der Waals surface area contributed by atoms with Crippen molar-refractivity contribution in [3.05, 3.63) is 59.1 Å². The van der Waals surface area contributed by atoms with Gasteiger partial charge in [-0.05, 0) is 43.3 Å². The molecule has 1 aliphatic heterocycles. The van der Waals surface area contributed by atoms with E-state index in [1.54, 1.807) is 53.4 Å². The molecule has 3 rings (SSSR count). The van der Waals surface area contributed by atoms with Gasteiger partial charge in [0.15, 0.2) is 0 Å². The molecule has 1 heterocycles. The van der Waals surface area contributed by atoms with E-state index in [1.165, 1.54) is 0 Å². The van der Waals surface area contributed by atoms with E-state index in [2.05, 4.69) is 0 Å². The van der Waals surface area contributed by atoms with Crippen molar-refractivity contribution >= 4 is 33.2 Å². The van der Waals surface area contributed by atoms with Crippen LogP contribution >= 0.6 is 11.6 Å². The van der Waals surface area contributed by atoms with Crippen LogP contribution < -0.4 is 4.31 Å². The molecule has 144 valence electrons. The molecule has 0 N–H and O–H groups in total. The monoisotopic (exact) mass is 408 g/mol. The summed E-state index contributed by atoms with van der Waals surface area (Å²) in [6.45, 7) is 3.43. The Morgan fingerprint density at radius 1 is 1.07 bits per heavy atom. The third kappa shape index (κ3) is 4.61. The Balaban J connectivity index is 1.95. The Morgan fingerprint density at radius 2 is 1.67 bits per heavy atom. The molecule has 1 saturated heterocycles. The van der Waals surface area contributed by atoms with Gasteiger partial charge < -0.3 is 9.64 Å². The van der Waals surface area contributed by atoms with Crippen LogP contribution in [-0.2, 0) is 19.6 Å². The first-order chi connectivity index (χ1) is 12.9. The SMILES string of the molecule is Cc1ccc(S(=O)(=O)N(CC(=O)N2CCOCC2)c2ccc(Cl)cc2)cc1. The van der Waals surface area contributed by atoms with E-state index in [9.17, 15) is 13.2 Å². The van der Waals surface area contributed by atoms with Crippen LogP contribution in [0.15, 0.2) is 53.4 Å². The van der Waals surface area contributed by atoms with E-state index in [1.807, 2.05) is 6.92 Å². The van der Waals surface area contributed by atoms with Crippen molar-refractivity contribution in [3.63, 3.8) is 0 Å². The van der Waals surface area contributed by atoms with E-state index in [0.717, 1.165) is 9.87 Å². The fraction of sp³-hybridized carbons (Fsp3) is 0.316. The third-order valence-corrected chi connectivity index (χ3v) is 6.41. The molecule has 1 amide bonds. The van der Waals surface area contributed by atoms with E-state index in [0.29, 0.717) is 37.0 Å². The molecule has 27 heavy (non-hydrogen) atoms. The van der Waals surface area contributed by atoms with Crippen molar-refractivity contribution in [3.8, 4) is 0 Å². The fourth-order valence-corrected chi connectivity index (χ4v) is 4.34. The normalized spacial score (nSPS) is 14.8. The van der Waals surface area contributed by atoms with Crippen LogP contribution in [0.2, 0.25) is 5.02 Å². The molecule has 0 aliphatic carbocycles. The highest BCUT2D eigenvalue weighted by atomic mass is 35.5. The van der Waals surface area contributed by atoms with Crippen LogP contribution in [0.4, 0.5) is 5.69 Å². The van der Waals surface area contributed by atoms with Gasteiger partial charge in [-0.15, -0.1) is 0 Å². The Bertz CT molecular complexity index is 892. The predicted molar refractivity (Wildman–Crippen MR) is 105 cm³/mol. The number of anilines is 1. The number of carbonyl (C=O) groups is 1. The first-order valence-electron chi connectivity index (χ1n) is 8.58. The molecule has 0 atom stereocenters. The lowest BCUT2D eigenvalue weighted by Crippen LogP contribution is -2.47. The number of hydrogen-bond acceptors (Lipinski definition) is 4. The molecule has 8 heteroatoms. The molecule has 0 aromatic heterocycles. The third-order valence-electron chi connectivity index (χ3n) is 4.37. The van der Waals surface area contributed by atoms with Crippen LogP contribution in [0, 0.1) is 6.92 Å². The molecular formula is C19H21ClN2O4S. The Morgan fingerprint density at radius 3 is 2.26 bits per heavy atom. The minimum absolute atomic E-state index is 0.137. The first-order valence-corrected chi connectivity index (χ1v) is 10.4. The van der Waals surface area contributed by atoms with Crippen molar-refractivity contribution in [2.75, 3.05) is 37.2 Å². The average molecular weight is 409 g/mol. The van der Waals surface area contributed by atoms with Gasteiger partial charge in [0.25, 0.3) is 10.0 Å². The molecule has 6 nitrogen and oxygen atoms in total. The lowest BCUT2D eigenvalue weighted by Gasteiger charge is -2.30. The molecule has 2 aromatic rings. The first kappa shape index (κ1) is 19.7. The standard InChI is InChI=1S/C19H21ClN2O4S/c1-15-2-8-18(9-3-15)27(24,25)22(17-6-4-16(20)5-7-17)14-19(23)21-10-12-26-13-11-21/h2-9H,10-14H2,1H3. The van der Waals surface area contributed by atoms with Gasteiger partial charge in [0, 0.05) is 18.1 Å². The fourth-order valence-electron chi connectivity index (χ4n) is 2.80. The zero-order chi connectivity index (χ0) is 19.4. The van der Waals surface area contributed by atoms with Crippen LogP contribution in [-0.4, -0.2) is 52.1 Å². The highest BCUT2D eigenvalue weighted by Crippen LogP contribution is 2.25. The summed E-state index contributed by atoms with van der Waals surface area (Å²) in [7, 11) is -3.91. The minimum Gasteiger partial charge on any atom is -0.378 e. The van der Waals surface area contributed by atoms with Crippen LogP contribution in [0.3, 0.4) is 0 Å². The van der Waals surface area contributed by atoms with Crippen LogP contribution in [0.1, 0.15) is 5.56 Å². The molecule has 0 unspecified atom stereocenters. The van der Waals surface area contributed by atoms with Gasteiger partial charge >= 0.3 is 0 Å². The van der Waals surface area contributed by atoms with Crippen molar-refractivity contribution < 1.29 is 17.9 Å². The lowest BCUT2D eigenvalue weighted by atomic mass is 10.2. The molecule has 0 saturated carbocycles. The highest BCUT2D eigenvalue weighted by molar-refractivity contribution is 7.92. The number of sulfonamides is 1. The summed E-state index contributed by atoms with van der Waals surface area (Å²) in [6, 6.07) is 13.0. The molecule has 2 aromatic carbocycles. The quantitative estimate of drug-likeness (QED) is 0.762. The second kappa shape index (κ2) is 8.29. The smallest absolute Gasteiger partial charge is 0.264 e. The number of aryl methyl sites for hydroxylation is 1. The second-order valence-electron chi connectivity index (χ2n) is 6.29. The number of morpholine rings is 1. The number of hydrogen-bond donors (Lipinski definition) is 0. The molecule has 0 bridgehead atoms. The highest BCUT2D eigenvalue weighted by Gasteiger charge is 2.29. The Kier molecular flexibility index (Phi) is 6.04. The summed E-state index contributed by atoms with van der Waals surface area (Å²) in [5, 5.41) is 0.492. The number of carbonyl (C=O) groups excluding carboxylic acids is 1. The van der Waals surface area contributed by atoms with E-state index in [-0.39, 0.29) is 17.3 Å². The second-order valence-corrected chi connectivity index (χ2v) is 8.59. The lowest BCUT2D eigenvalue weighted by molar-refractivity contribution is -0.133. The summed E-state index contributed by atoms with van der Waals surface area (Å²) in [5.41, 5.74) is 1.35. The van der Waals surface area contributed by atoms with Gasteiger partial charge in [-0.2, -0.15) is 0 Å². The molecule has 0 radical (unpaired) electrons. The van der Waals surface area contributed by atoms with Gasteiger partial charge in [0.2, 0.25) is 5.91 Å². The maximum absolute atomic E-state index is 13.2. The van der Waals surface area contributed by atoms with Crippen molar-refractivity contribution in [2.24, 2.45) is 0 Å². The zero-order valence-electron chi connectivity index (χ0n) is 15.0. The summed E-state index contributed by atoms with van der Waals surface area (Å²) in [5.74, 6) is -0.260. The van der Waals surface area contributed by atoms with Crippen molar-refractivity contribution in [2.45, 2.75) is 11.8 Å². The minimum atomic E-state index is -3.91. The number of ether oxygens (including phenoxy) is 1. The molecule has 0 spiro atoms. The van der Waals surface area contributed by atoms with Crippen molar-refractivity contribution in [1.29, 1.82) is 0 Å². The van der Waals surface area contributed by atoms with Gasteiger partial charge in [0.1, 0.15) is 6.54 Å². The molecular weight excluding hydrogens is 388 g/mol. The largest absolute Gasteiger partial charge is 0.378 e. The number of amides is 1. The van der Waals surface area contributed by atoms with Crippen LogP contribution in [0.5, 0.6) is 0 Å². The summed E-state index contributed by atoms with van der Waals surface area (Å²) < 4.78 is 32.9. The van der Waals surface area contributed by atoms with E-state index >= 15 is 0 Å². The predicted octanol–water partition coefficient (Wildman–Crippen LogP) is 2.70. The summed E-state index contributed by atoms with van der Waals surface area (Å²) >= 11 is 5.94. The molecule has 1 fully saturated rings. The number of benzene rings is 2. The van der Waals surface area contributed by atoms with Gasteiger partial charge in [0.05, 0.1) is 23.8 Å². The van der Waals surface area contributed by atoms with Gasteiger partial charge in [-0.1, -0.05) is 29.3 Å². The maximum atomic E-state index is 13.2. The number of nitrogens with zero attached hydrogens (tertiary/aromatic N) is 2. The van der Waals surface area contributed by atoms with Crippen molar-refractivity contribution in [1.82, 2.24) is 4.90 Å². The van der Waals surface area contributed by atoms with E-state index < -0.39 is 10.0 Å². The number of rotatable bonds is 5. The summed E-state index contributed by atoms with van der Waals surface area (Å²) in [6.07, 6.45) is 0. The van der Waals surface area contributed by atoms with E-state index in [4.69, 9.17) is 16.3 Å². The zero-order valence-corrected chi connectivity index (χ0v) is 16.5. The molecule has 1 aliphatic rings. The van der Waals surface area contributed by atoms with Crippen LogP contribution in [0.25, 0.3) is 0 Å². The van der Waals surface area contributed by atoms with Gasteiger partial charge in [-0.25, -0.2) is 8.42 Å². The Hall–Kier alpha value is -2.09. The maximum Gasteiger partial charge on any atom is 0.264 e. The average Bonchev–Trinajstić information content (AvgIpc) is 2.68. The Labute approximate surface area is 164 Å². The number of halogens is 1.